The molecular formula is C11H16N2O3. The number of carbonyl (C=O) groups is 1. The van der Waals surface area contributed by atoms with E-state index in [-0.39, 0.29) is 23.3 Å². The number of Topliss-reactive ketones (excluding diaryl/α,β-unsaturated/α-hetero) is 1. The second-order valence-corrected chi connectivity index (χ2v) is 4.22. The number of H-pyrrole nitrogens is 1. The lowest BCUT2D eigenvalue weighted by Gasteiger charge is -2.17. The number of ketones is 1. The smallest absolute Gasteiger partial charge is 0.313 e. The monoisotopic (exact) mass is 224 g/mol. The Morgan fingerprint density at radius 3 is 2.31 bits per heavy atom. The summed E-state index contributed by atoms with van der Waals surface area (Å²) in [6, 6.07) is -0.240. The molecule has 0 saturated carbocycles. The van der Waals surface area contributed by atoms with Crippen molar-refractivity contribution in [2.45, 2.75) is 33.7 Å². The van der Waals surface area contributed by atoms with Crippen LogP contribution in [0.1, 0.15) is 44.1 Å². The summed E-state index contributed by atoms with van der Waals surface area (Å²) in [5, 5.41) is 0. The Kier molecular flexibility index (Phi) is 3.47. The van der Waals surface area contributed by atoms with E-state index in [1.807, 2.05) is 13.8 Å². The molecule has 0 spiro atoms. The van der Waals surface area contributed by atoms with Crippen molar-refractivity contribution in [2.24, 2.45) is 5.92 Å². The van der Waals surface area contributed by atoms with Crippen molar-refractivity contribution in [3.63, 3.8) is 0 Å². The summed E-state index contributed by atoms with van der Waals surface area (Å²) in [4.78, 5) is 37.1. The molecule has 5 nitrogen and oxygen atoms in total. The van der Waals surface area contributed by atoms with E-state index in [4.69, 9.17) is 0 Å². The molecule has 0 aliphatic heterocycles. The number of nitrogens with zero attached hydrogens (tertiary/aromatic N) is 1. The summed E-state index contributed by atoms with van der Waals surface area (Å²) in [7, 11) is 0. The van der Waals surface area contributed by atoms with Gasteiger partial charge in [-0.3, -0.25) is 14.2 Å². The summed E-state index contributed by atoms with van der Waals surface area (Å²) < 4.78 is 1.10. The van der Waals surface area contributed by atoms with E-state index >= 15 is 0 Å². The first-order chi connectivity index (χ1) is 7.36. The number of hydrogen-bond donors (Lipinski definition) is 1. The van der Waals surface area contributed by atoms with Crippen LogP contribution in [0.4, 0.5) is 0 Å². The van der Waals surface area contributed by atoms with Gasteiger partial charge in [-0.05, 0) is 19.8 Å². The summed E-state index contributed by atoms with van der Waals surface area (Å²) in [6.07, 6.45) is 1.18. The fraction of sp³-hybridized carbons (Fsp3) is 0.545. The van der Waals surface area contributed by atoms with Crippen molar-refractivity contribution < 1.29 is 4.79 Å². The van der Waals surface area contributed by atoms with Crippen LogP contribution in [0.2, 0.25) is 0 Å². The topological polar surface area (TPSA) is 71.9 Å². The van der Waals surface area contributed by atoms with Crippen LogP contribution in [0.5, 0.6) is 0 Å². The molecule has 1 heterocycles. The van der Waals surface area contributed by atoms with Crippen LogP contribution in [0.15, 0.2) is 15.8 Å². The number of rotatable bonds is 3. The quantitative estimate of drug-likeness (QED) is 0.777. The lowest BCUT2D eigenvalue weighted by Crippen LogP contribution is -2.40. The molecule has 5 heteroatoms. The number of carbonyl (C=O) groups excluding carboxylic acids is 1. The molecule has 1 N–H and O–H groups in total. The molecule has 0 aromatic carbocycles. The van der Waals surface area contributed by atoms with Gasteiger partial charge in [-0.25, -0.2) is 4.79 Å². The minimum Gasteiger partial charge on any atom is -0.313 e. The average molecular weight is 224 g/mol. The highest BCUT2D eigenvalue weighted by molar-refractivity contribution is 5.93. The third-order valence-corrected chi connectivity index (χ3v) is 2.76. The van der Waals surface area contributed by atoms with Crippen molar-refractivity contribution in [3.05, 3.63) is 32.6 Å². The van der Waals surface area contributed by atoms with Gasteiger partial charge in [-0.15, -0.1) is 0 Å². The van der Waals surface area contributed by atoms with Crippen LogP contribution in [-0.2, 0) is 0 Å². The van der Waals surface area contributed by atoms with Gasteiger partial charge in [-0.1, -0.05) is 13.8 Å². The third-order valence-electron chi connectivity index (χ3n) is 2.76. The van der Waals surface area contributed by atoms with Gasteiger partial charge >= 0.3 is 5.69 Å². The Bertz CT molecular complexity index is 511. The average Bonchev–Trinajstić information content (AvgIpc) is 2.16. The maximum atomic E-state index is 11.9. The van der Waals surface area contributed by atoms with Gasteiger partial charge in [0.2, 0.25) is 0 Å². The summed E-state index contributed by atoms with van der Waals surface area (Å²) >= 11 is 0. The molecule has 0 radical (unpaired) electrons. The number of aromatic nitrogens is 2. The van der Waals surface area contributed by atoms with Gasteiger partial charge in [0.15, 0.2) is 5.78 Å². The summed E-state index contributed by atoms with van der Waals surface area (Å²) in [5.74, 6) is -0.202. The van der Waals surface area contributed by atoms with Crippen LogP contribution >= 0.6 is 0 Å². The first-order valence-electron chi connectivity index (χ1n) is 5.21. The molecule has 0 aliphatic rings. The number of nitrogens with one attached hydrogen (secondary N) is 1. The van der Waals surface area contributed by atoms with Crippen LogP contribution < -0.4 is 11.2 Å². The third kappa shape index (κ3) is 2.13. The molecule has 1 atom stereocenters. The van der Waals surface area contributed by atoms with Crippen LogP contribution in [-0.4, -0.2) is 15.3 Å². The molecule has 1 aromatic rings. The van der Waals surface area contributed by atoms with Crippen molar-refractivity contribution in [3.8, 4) is 0 Å². The summed E-state index contributed by atoms with van der Waals surface area (Å²) in [5.41, 5.74) is -0.972. The Morgan fingerprint density at radius 2 is 1.88 bits per heavy atom. The van der Waals surface area contributed by atoms with Gasteiger partial charge in [0, 0.05) is 12.2 Å². The lowest BCUT2D eigenvalue weighted by molar-refractivity contribution is 0.101. The Hall–Kier alpha value is -1.65. The molecule has 0 saturated heterocycles. The Balaban J connectivity index is 3.50. The second-order valence-electron chi connectivity index (χ2n) is 4.22. The van der Waals surface area contributed by atoms with Crippen LogP contribution in [0.3, 0.4) is 0 Å². The van der Waals surface area contributed by atoms with E-state index in [1.165, 1.54) is 13.1 Å². The zero-order valence-corrected chi connectivity index (χ0v) is 9.90. The van der Waals surface area contributed by atoms with Crippen molar-refractivity contribution in [1.29, 1.82) is 0 Å². The minimum absolute atomic E-state index is 0.0205. The van der Waals surface area contributed by atoms with Crippen LogP contribution in [0.25, 0.3) is 0 Å². The van der Waals surface area contributed by atoms with E-state index in [2.05, 4.69) is 4.98 Å². The first-order valence-corrected chi connectivity index (χ1v) is 5.21. The molecule has 1 rings (SSSR count). The first kappa shape index (κ1) is 12.4. The molecule has 1 aromatic heterocycles. The fourth-order valence-corrected chi connectivity index (χ4v) is 1.41. The zero-order valence-electron chi connectivity index (χ0n) is 9.90. The van der Waals surface area contributed by atoms with Gasteiger partial charge in [-0.2, -0.15) is 0 Å². The molecule has 16 heavy (non-hydrogen) atoms. The molecule has 0 aliphatic carbocycles. The lowest BCUT2D eigenvalue weighted by atomic mass is 10.1. The largest absolute Gasteiger partial charge is 0.328 e. The molecule has 88 valence electrons. The fourth-order valence-electron chi connectivity index (χ4n) is 1.41. The highest BCUT2D eigenvalue weighted by Crippen LogP contribution is 2.11. The minimum atomic E-state index is -0.516. The predicted molar refractivity (Wildman–Crippen MR) is 60.9 cm³/mol. The number of aromatic amines is 1. The molecule has 1 unspecified atom stereocenters. The van der Waals surface area contributed by atoms with Crippen molar-refractivity contribution in [2.75, 3.05) is 0 Å². The highest BCUT2D eigenvalue weighted by atomic mass is 16.2. The van der Waals surface area contributed by atoms with Crippen molar-refractivity contribution >= 4 is 5.78 Å². The normalized spacial score (nSPS) is 12.8. The molecule has 0 bridgehead atoms. The van der Waals surface area contributed by atoms with Crippen molar-refractivity contribution in [1.82, 2.24) is 9.55 Å². The highest BCUT2D eigenvalue weighted by Gasteiger charge is 2.17. The van der Waals surface area contributed by atoms with E-state index in [0.29, 0.717) is 0 Å². The Morgan fingerprint density at radius 1 is 1.31 bits per heavy atom. The van der Waals surface area contributed by atoms with Gasteiger partial charge in [0.1, 0.15) is 0 Å². The van der Waals surface area contributed by atoms with E-state index < -0.39 is 11.2 Å². The molecule has 0 fully saturated rings. The van der Waals surface area contributed by atoms with Gasteiger partial charge in [0.25, 0.3) is 5.56 Å². The predicted octanol–water partition coefficient (Wildman–Crippen LogP) is 0.956. The SMILES string of the molecule is CC(=O)c1c[nH]c(=O)n(C(C)C(C)C)c1=O. The molecular weight excluding hydrogens is 208 g/mol. The van der Waals surface area contributed by atoms with Gasteiger partial charge in [0.05, 0.1) is 5.56 Å². The summed E-state index contributed by atoms with van der Waals surface area (Å²) in [6.45, 7) is 6.92. The van der Waals surface area contributed by atoms with Gasteiger partial charge < -0.3 is 4.98 Å². The standard InChI is InChI=1S/C11H16N2O3/c1-6(2)7(3)13-10(15)9(8(4)14)5-12-11(13)16/h5-7H,1-4H3,(H,12,16). The Labute approximate surface area is 93.1 Å². The second kappa shape index (κ2) is 4.47. The maximum absolute atomic E-state index is 11.9. The van der Waals surface area contributed by atoms with Crippen LogP contribution in [0, 0.1) is 5.92 Å². The maximum Gasteiger partial charge on any atom is 0.328 e. The number of hydrogen-bond acceptors (Lipinski definition) is 3. The van der Waals surface area contributed by atoms with E-state index in [1.54, 1.807) is 6.92 Å². The molecule has 0 amide bonds. The van der Waals surface area contributed by atoms with E-state index in [9.17, 15) is 14.4 Å². The van der Waals surface area contributed by atoms with E-state index in [0.717, 1.165) is 4.57 Å². The zero-order chi connectivity index (χ0) is 12.5.